The normalized spacial score (nSPS) is 12.2. The summed E-state index contributed by atoms with van der Waals surface area (Å²) < 4.78 is 40.1. The third-order valence-electron chi connectivity index (χ3n) is 3.07. The highest BCUT2D eigenvalue weighted by Gasteiger charge is 2.30. The Hall–Kier alpha value is -1.61. The van der Waals surface area contributed by atoms with Gasteiger partial charge in [-0.2, -0.15) is 34.5 Å². The maximum Gasteiger partial charge on any atom is 0.416 e. The molecule has 0 saturated carbocycles. The molecule has 2 aromatic heterocycles. The number of alkyl halides is 3. The number of benzene rings is 1. The number of halogens is 3. The predicted octanol–water partition coefficient (Wildman–Crippen LogP) is 4.51. The molecule has 0 radical (unpaired) electrons. The number of hydrogen-bond donors (Lipinski definition) is 0. The third-order valence-corrected chi connectivity index (χ3v) is 5.18. The lowest BCUT2D eigenvalue weighted by molar-refractivity contribution is -0.137. The first-order valence-electron chi connectivity index (χ1n) is 6.95. The topological polar surface area (TPSA) is 43.1 Å². The van der Waals surface area contributed by atoms with Gasteiger partial charge in [0.25, 0.3) is 0 Å². The average Bonchev–Trinajstić information content (AvgIpc) is 3.08. The van der Waals surface area contributed by atoms with Gasteiger partial charge in [-0.15, -0.1) is 10.2 Å². The molecule has 0 N–H and O–H groups in total. The Morgan fingerprint density at radius 2 is 2.09 bits per heavy atom. The van der Waals surface area contributed by atoms with Crippen LogP contribution < -0.4 is 0 Å². The molecule has 0 unspecified atom stereocenters. The maximum absolute atomic E-state index is 12.8. The summed E-state index contributed by atoms with van der Waals surface area (Å²) in [5.41, 5.74) is -0.248. The molecule has 3 rings (SSSR count). The zero-order valence-corrected chi connectivity index (χ0v) is 13.8. The van der Waals surface area contributed by atoms with E-state index in [2.05, 4.69) is 22.2 Å². The lowest BCUT2D eigenvalue weighted by Gasteiger charge is -2.06. The Bertz CT molecular complexity index is 810. The van der Waals surface area contributed by atoms with Crippen molar-refractivity contribution in [1.82, 2.24) is 19.8 Å². The van der Waals surface area contributed by atoms with Crippen LogP contribution in [0.3, 0.4) is 0 Å². The minimum atomic E-state index is -4.36. The van der Waals surface area contributed by atoms with Gasteiger partial charge in [-0.05, 0) is 24.3 Å². The van der Waals surface area contributed by atoms with E-state index in [-0.39, 0.29) is 0 Å². The van der Waals surface area contributed by atoms with E-state index in [1.807, 2.05) is 0 Å². The van der Waals surface area contributed by atoms with Crippen LogP contribution in [0.5, 0.6) is 0 Å². The second-order valence-electron chi connectivity index (χ2n) is 4.85. The van der Waals surface area contributed by atoms with Gasteiger partial charge in [-0.1, -0.05) is 30.4 Å². The summed E-state index contributed by atoms with van der Waals surface area (Å²) in [6.07, 6.45) is -3.30. The molecule has 0 aliphatic rings. The van der Waals surface area contributed by atoms with Crippen molar-refractivity contribution in [2.75, 3.05) is 5.75 Å². The molecule has 0 spiro atoms. The standard InChI is InChI=1S/C14H13F3N4S2/c1-2-6-22-8-11-18-19-13-21(11)20-12(23-13)9-4-3-5-10(7-9)14(15,16)17/h3-5,7H,2,6,8H2,1H3. The molecule has 0 aliphatic heterocycles. The number of aromatic nitrogens is 4. The van der Waals surface area contributed by atoms with Crippen molar-refractivity contribution in [3.8, 4) is 10.6 Å². The number of hydrogen-bond acceptors (Lipinski definition) is 5. The van der Waals surface area contributed by atoms with Crippen molar-refractivity contribution in [2.24, 2.45) is 0 Å². The minimum absolute atomic E-state index is 0.433. The molecule has 122 valence electrons. The van der Waals surface area contributed by atoms with Gasteiger partial charge in [0, 0.05) is 5.56 Å². The fraction of sp³-hybridized carbons (Fsp3) is 0.357. The van der Waals surface area contributed by atoms with E-state index in [4.69, 9.17) is 0 Å². The van der Waals surface area contributed by atoms with Gasteiger partial charge in [0.2, 0.25) is 4.96 Å². The summed E-state index contributed by atoms with van der Waals surface area (Å²) in [6, 6.07) is 5.17. The minimum Gasteiger partial charge on any atom is -0.186 e. The highest BCUT2D eigenvalue weighted by Crippen LogP contribution is 2.33. The van der Waals surface area contributed by atoms with Crippen LogP contribution in [-0.4, -0.2) is 25.6 Å². The average molecular weight is 358 g/mol. The van der Waals surface area contributed by atoms with E-state index in [9.17, 15) is 13.2 Å². The van der Waals surface area contributed by atoms with Crippen LogP contribution in [0.25, 0.3) is 15.5 Å². The van der Waals surface area contributed by atoms with Crippen LogP contribution in [0.2, 0.25) is 0 Å². The van der Waals surface area contributed by atoms with Crippen molar-refractivity contribution >= 4 is 28.1 Å². The molecule has 9 heteroatoms. The Morgan fingerprint density at radius 3 is 2.83 bits per heavy atom. The number of rotatable bonds is 5. The summed E-state index contributed by atoms with van der Waals surface area (Å²) in [4.78, 5) is 0.588. The second kappa shape index (κ2) is 6.48. The van der Waals surface area contributed by atoms with Gasteiger partial charge in [0.1, 0.15) is 5.01 Å². The van der Waals surface area contributed by atoms with Gasteiger partial charge in [0.15, 0.2) is 5.82 Å². The molecular formula is C14H13F3N4S2. The molecule has 23 heavy (non-hydrogen) atoms. The summed E-state index contributed by atoms with van der Waals surface area (Å²) >= 11 is 2.96. The first-order valence-corrected chi connectivity index (χ1v) is 8.92. The summed E-state index contributed by atoms with van der Waals surface area (Å²) in [5.74, 6) is 2.41. The van der Waals surface area contributed by atoms with Crippen molar-refractivity contribution in [3.63, 3.8) is 0 Å². The summed E-state index contributed by atoms with van der Waals surface area (Å²) in [5, 5.41) is 13.0. The van der Waals surface area contributed by atoms with Crippen molar-refractivity contribution in [2.45, 2.75) is 25.3 Å². The quantitative estimate of drug-likeness (QED) is 0.629. The highest BCUT2D eigenvalue weighted by atomic mass is 32.2. The van der Waals surface area contributed by atoms with E-state index in [0.29, 0.717) is 27.1 Å². The zero-order chi connectivity index (χ0) is 16.4. The van der Waals surface area contributed by atoms with Gasteiger partial charge in [-0.25, -0.2) is 0 Å². The molecular weight excluding hydrogens is 345 g/mol. The van der Waals surface area contributed by atoms with Crippen LogP contribution in [0.1, 0.15) is 24.7 Å². The number of thioether (sulfide) groups is 1. The lowest BCUT2D eigenvalue weighted by Crippen LogP contribution is -2.04. The van der Waals surface area contributed by atoms with Crippen LogP contribution in [-0.2, 0) is 11.9 Å². The van der Waals surface area contributed by atoms with E-state index < -0.39 is 11.7 Å². The number of nitrogens with zero attached hydrogens (tertiary/aromatic N) is 4. The molecule has 0 bridgehead atoms. The van der Waals surface area contributed by atoms with E-state index in [0.717, 1.165) is 24.3 Å². The molecule has 0 fully saturated rings. The van der Waals surface area contributed by atoms with Crippen LogP contribution in [0, 0.1) is 0 Å². The SMILES string of the molecule is CCCSCc1nnc2sc(-c3cccc(C(F)(F)F)c3)nn12. The van der Waals surface area contributed by atoms with Gasteiger partial charge < -0.3 is 0 Å². The Balaban J connectivity index is 1.92. The fourth-order valence-corrected chi connectivity index (χ4v) is 3.65. The molecule has 0 amide bonds. The van der Waals surface area contributed by atoms with Crippen molar-refractivity contribution in [3.05, 3.63) is 35.7 Å². The molecule has 2 heterocycles. The van der Waals surface area contributed by atoms with Gasteiger partial charge in [-0.3, -0.25) is 0 Å². The molecule has 0 aliphatic carbocycles. The van der Waals surface area contributed by atoms with Crippen LogP contribution in [0.15, 0.2) is 24.3 Å². The highest BCUT2D eigenvalue weighted by molar-refractivity contribution is 7.98. The first kappa shape index (κ1) is 16.3. The molecule has 4 nitrogen and oxygen atoms in total. The molecule has 0 atom stereocenters. The first-order chi connectivity index (χ1) is 11.0. The third kappa shape index (κ3) is 3.50. The molecule has 1 aromatic carbocycles. The Morgan fingerprint density at radius 1 is 1.26 bits per heavy atom. The smallest absolute Gasteiger partial charge is 0.186 e. The van der Waals surface area contributed by atoms with Crippen molar-refractivity contribution < 1.29 is 13.2 Å². The Kier molecular flexibility index (Phi) is 4.58. The lowest BCUT2D eigenvalue weighted by atomic mass is 10.1. The summed E-state index contributed by atoms with van der Waals surface area (Å²) in [6.45, 7) is 2.10. The van der Waals surface area contributed by atoms with E-state index >= 15 is 0 Å². The zero-order valence-electron chi connectivity index (χ0n) is 12.2. The summed E-state index contributed by atoms with van der Waals surface area (Å²) in [7, 11) is 0. The van der Waals surface area contributed by atoms with E-state index in [1.54, 1.807) is 22.3 Å². The van der Waals surface area contributed by atoms with E-state index in [1.165, 1.54) is 17.4 Å². The van der Waals surface area contributed by atoms with Crippen LogP contribution in [0.4, 0.5) is 13.2 Å². The largest absolute Gasteiger partial charge is 0.416 e. The van der Waals surface area contributed by atoms with Crippen LogP contribution >= 0.6 is 23.1 Å². The predicted molar refractivity (Wildman–Crippen MR) is 85.6 cm³/mol. The van der Waals surface area contributed by atoms with Gasteiger partial charge >= 0.3 is 6.18 Å². The molecule has 3 aromatic rings. The second-order valence-corrected chi connectivity index (χ2v) is 6.91. The molecule has 0 saturated heterocycles. The Labute approximate surface area is 138 Å². The fourth-order valence-electron chi connectivity index (χ4n) is 2.00. The number of fused-ring (bicyclic) bond motifs is 1. The monoisotopic (exact) mass is 358 g/mol. The maximum atomic E-state index is 12.8. The van der Waals surface area contributed by atoms with Crippen molar-refractivity contribution in [1.29, 1.82) is 0 Å². The van der Waals surface area contributed by atoms with Gasteiger partial charge in [0.05, 0.1) is 11.3 Å².